The Bertz CT molecular complexity index is 638. The molecule has 0 fully saturated rings. The zero-order valence-electron chi connectivity index (χ0n) is 10.1. The van der Waals surface area contributed by atoms with Crippen LogP contribution in [0.1, 0.15) is 20.7 Å². The van der Waals surface area contributed by atoms with E-state index in [1.807, 2.05) is 0 Å². The molecular formula is C14H10O4S2. The zero-order valence-corrected chi connectivity index (χ0v) is 11.8. The summed E-state index contributed by atoms with van der Waals surface area (Å²) >= 11 is 0. The molecule has 0 atom stereocenters. The highest BCUT2D eigenvalue weighted by atomic mass is 33.1. The van der Waals surface area contributed by atoms with Gasteiger partial charge in [-0.3, -0.25) is 0 Å². The first kappa shape index (κ1) is 14.5. The normalized spacial score (nSPS) is 10.2. The fourth-order valence-corrected chi connectivity index (χ4v) is 3.60. The molecule has 0 unspecified atom stereocenters. The molecule has 20 heavy (non-hydrogen) atoms. The second-order valence-electron chi connectivity index (χ2n) is 3.80. The molecule has 0 aliphatic carbocycles. The average molecular weight is 306 g/mol. The van der Waals surface area contributed by atoms with E-state index in [2.05, 4.69) is 0 Å². The van der Waals surface area contributed by atoms with E-state index in [0.717, 1.165) is 4.90 Å². The Morgan fingerprint density at radius 1 is 0.800 bits per heavy atom. The smallest absolute Gasteiger partial charge is 0.336 e. The summed E-state index contributed by atoms with van der Waals surface area (Å²) in [7, 11) is 2.72. The number of hydrogen-bond acceptors (Lipinski definition) is 4. The average Bonchev–Trinajstić information content (AvgIpc) is 2.45. The summed E-state index contributed by atoms with van der Waals surface area (Å²) in [5, 5.41) is 17.9. The molecule has 2 aromatic carbocycles. The van der Waals surface area contributed by atoms with E-state index in [1.165, 1.54) is 33.7 Å². The van der Waals surface area contributed by atoms with Crippen LogP contribution >= 0.6 is 21.6 Å². The number of benzene rings is 2. The lowest BCUT2D eigenvalue weighted by molar-refractivity contribution is 0.0684. The maximum Gasteiger partial charge on any atom is 0.336 e. The summed E-state index contributed by atoms with van der Waals surface area (Å²) in [5.74, 6) is -1.93. The van der Waals surface area contributed by atoms with Crippen LogP contribution in [0.2, 0.25) is 0 Å². The third-order valence-electron chi connectivity index (χ3n) is 2.45. The van der Waals surface area contributed by atoms with E-state index >= 15 is 0 Å². The maximum atomic E-state index is 11.1. The standard InChI is InChI=1S/C14H10O4S2/c15-13(16)9-5-7-10(8-6-9)19-20-12-4-2-1-3-11(12)14(17)18/h1-8H,(H,15,16)(H,17,18). The van der Waals surface area contributed by atoms with Crippen LogP contribution in [0, 0.1) is 0 Å². The molecule has 0 radical (unpaired) electrons. The number of carboxylic acid groups (broad SMARTS) is 2. The van der Waals surface area contributed by atoms with Crippen molar-refractivity contribution in [3.05, 3.63) is 59.7 Å². The predicted octanol–water partition coefficient (Wildman–Crippen LogP) is 3.88. The fourth-order valence-electron chi connectivity index (χ4n) is 1.46. The van der Waals surface area contributed by atoms with E-state index < -0.39 is 11.9 Å². The Balaban J connectivity index is 2.09. The minimum atomic E-state index is -0.967. The van der Waals surface area contributed by atoms with Gasteiger partial charge in [0.1, 0.15) is 0 Å². The van der Waals surface area contributed by atoms with E-state index in [4.69, 9.17) is 10.2 Å². The molecule has 0 spiro atoms. The van der Waals surface area contributed by atoms with Crippen molar-refractivity contribution in [3.63, 3.8) is 0 Å². The van der Waals surface area contributed by atoms with E-state index in [9.17, 15) is 9.59 Å². The number of carbonyl (C=O) groups is 2. The molecule has 0 heterocycles. The van der Waals surface area contributed by atoms with Gasteiger partial charge in [0.15, 0.2) is 0 Å². The van der Waals surface area contributed by atoms with Gasteiger partial charge in [0.25, 0.3) is 0 Å². The van der Waals surface area contributed by atoms with Crippen LogP contribution in [0.4, 0.5) is 0 Å². The van der Waals surface area contributed by atoms with Crippen LogP contribution in [-0.2, 0) is 0 Å². The molecule has 102 valence electrons. The minimum Gasteiger partial charge on any atom is -0.478 e. The lowest BCUT2D eigenvalue weighted by Crippen LogP contribution is -1.97. The van der Waals surface area contributed by atoms with Crippen LogP contribution in [-0.4, -0.2) is 22.2 Å². The predicted molar refractivity (Wildman–Crippen MR) is 78.5 cm³/mol. The SMILES string of the molecule is O=C(O)c1ccc(SSc2ccccc2C(=O)O)cc1. The Hall–Kier alpha value is -1.92. The van der Waals surface area contributed by atoms with Crippen molar-refractivity contribution >= 4 is 33.5 Å². The molecule has 0 saturated carbocycles. The van der Waals surface area contributed by atoms with E-state index in [0.29, 0.717) is 4.90 Å². The van der Waals surface area contributed by atoms with Gasteiger partial charge in [-0.1, -0.05) is 33.7 Å². The van der Waals surface area contributed by atoms with Crippen molar-refractivity contribution < 1.29 is 19.8 Å². The fraction of sp³-hybridized carbons (Fsp3) is 0. The van der Waals surface area contributed by atoms with Gasteiger partial charge in [-0.05, 0) is 36.4 Å². The first-order valence-corrected chi connectivity index (χ1v) is 7.73. The van der Waals surface area contributed by atoms with Crippen LogP contribution < -0.4 is 0 Å². The Labute approximate surface area is 123 Å². The zero-order chi connectivity index (χ0) is 14.5. The molecule has 2 aromatic rings. The summed E-state index contributed by atoms with van der Waals surface area (Å²) in [6.07, 6.45) is 0. The molecular weight excluding hydrogens is 296 g/mol. The molecule has 2 rings (SSSR count). The van der Waals surface area contributed by atoms with E-state index in [1.54, 1.807) is 36.4 Å². The van der Waals surface area contributed by atoms with E-state index in [-0.39, 0.29) is 11.1 Å². The summed E-state index contributed by atoms with van der Waals surface area (Å²) in [4.78, 5) is 23.3. The second-order valence-corrected chi connectivity index (χ2v) is 6.04. The molecule has 0 aliphatic heterocycles. The van der Waals surface area contributed by atoms with Gasteiger partial charge in [0.2, 0.25) is 0 Å². The topological polar surface area (TPSA) is 74.6 Å². The first-order chi connectivity index (χ1) is 9.58. The Kier molecular flexibility index (Phi) is 4.70. The van der Waals surface area contributed by atoms with Crippen molar-refractivity contribution in [1.82, 2.24) is 0 Å². The summed E-state index contributed by atoms with van der Waals surface area (Å²) in [6.45, 7) is 0. The second kappa shape index (κ2) is 6.49. The number of hydrogen-bond donors (Lipinski definition) is 2. The van der Waals surface area contributed by atoms with Crippen LogP contribution in [0.15, 0.2) is 58.3 Å². The molecule has 4 nitrogen and oxygen atoms in total. The number of carboxylic acids is 2. The third kappa shape index (κ3) is 3.55. The summed E-state index contributed by atoms with van der Waals surface area (Å²) < 4.78 is 0. The molecule has 0 amide bonds. The highest BCUT2D eigenvalue weighted by molar-refractivity contribution is 8.76. The van der Waals surface area contributed by atoms with Crippen molar-refractivity contribution in [2.24, 2.45) is 0 Å². The van der Waals surface area contributed by atoms with Gasteiger partial charge in [-0.25, -0.2) is 9.59 Å². The Morgan fingerprint density at radius 3 is 2.05 bits per heavy atom. The highest BCUT2D eigenvalue weighted by Gasteiger charge is 2.10. The largest absolute Gasteiger partial charge is 0.478 e. The first-order valence-electron chi connectivity index (χ1n) is 5.58. The molecule has 0 aliphatic rings. The van der Waals surface area contributed by atoms with Crippen molar-refractivity contribution in [2.75, 3.05) is 0 Å². The van der Waals surface area contributed by atoms with Gasteiger partial charge < -0.3 is 10.2 Å². The Morgan fingerprint density at radius 2 is 1.45 bits per heavy atom. The summed E-state index contributed by atoms with van der Waals surface area (Å²) in [6, 6.07) is 13.2. The van der Waals surface area contributed by atoms with Crippen molar-refractivity contribution in [2.45, 2.75) is 9.79 Å². The van der Waals surface area contributed by atoms with Crippen LogP contribution in [0.3, 0.4) is 0 Å². The molecule has 6 heteroatoms. The van der Waals surface area contributed by atoms with Gasteiger partial charge in [0, 0.05) is 9.79 Å². The minimum absolute atomic E-state index is 0.227. The van der Waals surface area contributed by atoms with Gasteiger partial charge in [-0.2, -0.15) is 0 Å². The summed E-state index contributed by atoms with van der Waals surface area (Å²) in [5.41, 5.74) is 0.484. The number of rotatable bonds is 5. The van der Waals surface area contributed by atoms with Gasteiger partial charge in [0.05, 0.1) is 11.1 Å². The quantitative estimate of drug-likeness (QED) is 0.816. The molecule has 0 saturated heterocycles. The highest BCUT2D eigenvalue weighted by Crippen LogP contribution is 2.38. The maximum absolute atomic E-state index is 11.1. The van der Waals surface area contributed by atoms with Crippen molar-refractivity contribution in [1.29, 1.82) is 0 Å². The molecule has 0 aromatic heterocycles. The molecule has 2 N–H and O–H groups in total. The monoisotopic (exact) mass is 306 g/mol. The van der Waals surface area contributed by atoms with Crippen LogP contribution in [0.25, 0.3) is 0 Å². The number of aromatic carboxylic acids is 2. The third-order valence-corrected chi connectivity index (χ3v) is 4.90. The van der Waals surface area contributed by atoms with Crippen LogP contribution in [0.5, 0.6) is 0 Å². The van der Waals surface area contributed by atoms with Crippen molar-refractivity contribution in [3.8, 4) is 0 Å². The molecule has 0 bridgehead atoms. The van der Waals surface area contributed by atoms with Gasteiger partial charge in [-0.15, -0.1) is 0 Å². The van der Waals surface area contributed by atoms with Gasteiger partial charge >= 0.3 is 11.9 Å². The lowest BCUT2D eigenvalue weighted by Gasteiger charge is -2.05. The lowest BCUT2D eigenvalue weighted by atomic mass is 10.2.